The molecule has 2 aliphatic heterocycles. The number of carbonyl (C=O) groups is 2. The van der Waals surface area contributed by atoms with Crippen LogP contribution in [0.1, 0.15) is 22.2 Å². The molecule has 10 heteroatoms. The van der Waals surface area contributed by atoms with E-state index in [4.69, 9.17) is 30.2 Å². The van der Waals surface area contributed by atoms with Crippen molar-refractivity contribution in [2.45, 2.75) is 6.04 Å². The van der Waals surface area contributed by atoms with E-state index < -0.39 is 23.5 Å². The van der Waals surface area contributed by atoms with Crippen molar-refractivity contribution in [1.82, 2.24) is 4.98 Å². The van der Waals surface area contributed by atoms with Crippen LogP contribution >= 0.6 is 11.6 Å². The van der Waals surface area contributed by atoms with Gasteiger partial charge >= 0.3 is 0 Å². The third-order valence-electron chi connectivity index (χ3n) is 6.10. The molecule has 1 amide bonds. The number of Topliss-reactive ketones (excluding diaryl/α,β-unsaturated/α-hetero) is 1. The van der Waals surface area contributed by atoms with E-state index >= 15 is 0 Å². The van der Waals surface area contributed by atoms with Gasteiger partial charge in [-0.1, -0.05) is 11.6 Å². The van der Waals surface area contributed by atoms with Crippen molar-refractivity contribution >= 4 is 39.9 Å². The maximum atomic E-state index is 13.8. The zero-order chi connectivity index (χ0) is 25.0. The van der Waals surface area contributed by atoms with E-state index in [1.54, 1.807) is 54.9 Å². The van der Waals surface area contributed by atoms with Gasteiger partial charge in [-0.05, 0) is 42.0 Å². The number of halogens is 1. The van der Waals surface area contributed by atoms with Crippen LogP contribution in [0.15, 0.2) is 76.7 Å². The predicted molar refractivity (Wildman–Crippen MR) is 129 cm³/mol. The fourth-order valence-electron chi connectivity index (χ4n) is 4.48. The minimum Gasteiger partial charge on any atom is -0.503 e. The van der Waals surface area contributed by atoms with Crippen LogP contribution in [0.3, 0.4) is 0 Å². The molecule has 1 unspecified atom stereocenters. The van der Waals surface area contributed by atoms with E-state index in [-0.39, 0.29) is 18.1 Å². The molecule has 180 valence electrons. The van der Waals surface area contributed by atoms with E-state index in [9.17, 15) is 14.7 Å². The lowest BCUT2D eigenvalue weighted by molar-refractivity contribution is -0.117. The Morgan fingerprint density at radius 3 is 2.67 bits per heavy atom. The molecule has 4 aromatic rings. The Bertz CT molecular complexity index is 1580. The molecule has 0 radical (unpaired) electrons. The molecule has 2 aromatic heterocycles. The summed E-state index contributed by atoms with van der Waals surface area (Å²) in [6.07, 6.45) is 3.09. The lowest BCUT2D eigenvalue weighted by Crippen LogP contribution is -2.31. The average Bonchev–Trinajstić information content (AvgIpc) is 3.60. The summed E-state index contributed by atoms with van der Waals surface area (Å²) in [4.78, 5) is 32.5. The summed E-state index contributed by atoms with van der Waals surface area (Å²) in [5, 5.41) is 11.9. The van der Waals surface area contributed by atoms with E-state index in [0.29, 0.717) is 44.5 Å². The molecule has 36 heavy (non-hydrogen) atoms. The Kier molecular flexibility index (Phi) is 5.08. The van der Waals surface area contributed by atoms with Crippen molar-refractivity contribution in [3.63, 3.8) is 0 Å². The molecule has 0 bridgehead atoms. The number of aliphatic hydroxyl groups is 1. The number of pyridine rings is 1. The number of hydrogen-bond donors (Lipinski definition) is 1. The molecule has 9 nitrogen and oxygen atoms in total. The summed E-state index contributed by atoms with van der Waals surface area (Å²) < 4.78 is 22.0. The fourth-order valence-corrected chi connectivity index (χ4v) is 4.70. The van der Waals surface area contributed by atoms with Crippen molar-refractivity contribution in [3.05, 3.63) is 88.6 Å². The molecule has 0 fully saturated rings. The molecule has 2 aliphatic rings. The van der Waals surface area contributed by atoms with Gasteiger partial charge in [0.05, 0.1) is 18.7 Å². The third kappa shape index (κ3) is 3.36. The first-order chi connectivity index (χ1) is 17.5. The van der Waals surface area contributed by atoms with E-state index in [0.717, 1.165) is 0 Å². The van der Waals surface area contributed by atoms with Crippen LogP contribution in [-0.2, 0) is 4.79 Å². The number of nitrogens with zero attached hydrogens (tertiary/aromatic N) is 2. The normalized spacial score (nSPS) is 16.8. The number of furan rings is 1. The first-order valence-electron chi connectivity index (χ1n) is 10.8. The van der Waals surface area contributed by atoms with Crippen molar-refractivity contribution in [2.24, 2.45) is 0 Å². The van der Waals surface area contributed by atoms with E-state index in [1.165, 1.54) is 18.1 Å². The van der Waals surface area contributed by atoms with Crippen molar-refractivity contribution < 1.29 is 33.3 Å². The monoisotopic (exact) mass is 504 g/mol. The predicted octanol–water partition coefficient (Wildman–Crippen LogP) is 5.00. The van der Waals surface area contributed by atoms with Gasteiger partial charge in [0.2, 0.25) is 12.6 Å². The zero-order valence-corrected chi connectivity index (χ0v) is 19.5. The second-order valence-corrected chi connectivity index (χ2v) is 8.56. The number of ether oxygens (including phenoxy) is 3. The second kappa shape index (κ2) is 8.31. The number of anilines is 1. The maximum Gasteiger partial charge on any atom is 0.294 e. The van der Waals surface area contributed by atoms with Gasteiger partial charge in [-0.2, -0.15) is 0 Å². The Hall–Kier alpha value is -4.50. The number of aliphatic hydroxyl groups excluding tert-OH is 1. The van der Waals surface area contributed by atoms with Crippen LogP contribution in [0.2, 0.25) is 5.02 Å². The summed E-state index contributed by atoms with van der Waals surface area (Å²) in [5.74, 6) is -0.805. The van der Waals surface area contributed by atoms with Gasteiger partial charge in [-0.25, -0.2) is 0 Å². The second-order valence-electron chi connectivity index (χ2n) is 8.12. The molecule has 2 aromatic carbocycles. The molecule has 0 saturated heterocycles. The summed E-state index contributed by atoms with van der Waals surface area (Å²) in [6, 6.07) is 12.1. The highest BCUT2D eigenvalue weighted by Gasteiger charge is 2.45. The van der Waals surface area contributed by atoms with Crippen molar-refractivity contribution in [1.29, 1.82) is 0 Å². The molecule has 0 spiro atoms. The Morgan fingerprint density at radius 1 is 1.11 bits per heavy atom. The maximum absolute atomic E-state index is 13.8. The lowest BCUT2D eigenvalue weighted by atomic mass is 9.95. The highest BCUT2D eigenvalue weighted by Crippen LogP contribution is 2.45. The number of methoxy groups -OCH3 is 1. The summed E-state index contributed by atoms with van der Waals surface area (Å²) >= 11 is 6.16. The van der Waals surface area contributed by atoms with Gasteiger partial charge in [0.25, 0.3) is 5.91 Å². The van der Waals surface area contributed by atoms with Crippen LogP contribution in [0.25, 0.3) is 11.0 Å². The first-order valence-corrected chi connectivity index (χ1v) is 11.2. The molecular weight excluding hydrogens is 488 g/mol. The highest BCUT2D eigenvalue weighted by atomic mass is 35.5. The van der Waals surface area contributed by atoms with Gasteiger partial charge in [0, 0.05) is 40.6 Å². The van der Waals surface area contributed by atoms with Gasteiger partial charge < -0.3 is 23.7 Å². The topological polar surface area (TPSA) is 111 Å². The average molecular weight is 505 g/mol. The van der Waals surface area contributed by atoms with Crippen molar-refractivity contribution in [2.75, 3.05) is 18.8 Å². The molecule has 0 aliphatic carbocycles. The summed E-state index contributed by atoms with van der Waals surface area (Å²) in [6.45, 7) is 0.0628. The standard InChI is InChI=1S/C26H17ClN2O7/c1-33-20-10-15(27)8-14-9-19(36-25(14)20)23(30)21-22(13-4-6-28-7-5-13)29(26(32)24(21)31)16-2-3-17-18(11-16)35-12-34-17/h2-11,22,31H,12H2,1H3. The molecule has 1 atom stereocenters. The summed E-state index contributed by atoms with van der Waals surface area (Å²) in [5.41, 5.74) is 1.18. The number of ketones is 1. The first kappa shape index (κ1) is 22.0. The minimum absolute atomic E-state index is 0.0628. The number of aromatic nitrogens is 1. The largest absolute Gasteiger partial charge is 0.503 e. The number of hydrogen-bond acceptors (Lipinski definition) is 8. The van der Waals surface area contributed by atoms with Crippen LogP contribution in [0.5, 0.6) is 17.2 Å². The van der Waals surface area contributed by atoms with Gasteiger partial charge in [-0.3, -0.25) is 19.5 Å². The van der Waals surface area contributed by atoms with Crippen LogP contribution in [0, 0.1) is 0 Å². The Labute approximate surface area is 209 Å². The smallest absolute Gasteiger partial charge is 0.294 e. The molecule has 6 rings (SSSR count). The quantitative estimate of drug-likeness (QED) is 0.378. The number of amides is 1. The zero-order valence-electron chi connectivity index (χ0n) is 18.7. The number of carbonyl (C=O) groups excluding carboxylic acids is 2. The van der Waals surface area contributed by atoms with Gasteiger partial charge in [0.1, 0.15) is 0 Å². The van der Waals surface area contributed by atoms with Crippen LogP contribution in [-0.4, -0.2) is 35.7 Å². The number of fused-ring (bicyclic) bond motifs is 2. The lowest BCUT2D eigenvalue weighted by Gasteiger charge is -2.26. The molecule has 0 saturated carbocycles. The fraction of sp³-hybridized carbons (Fsp3) is 0.115. The van der Waals surface area contributed by atoms with E-state index in [2.05, 4.69) is 4.98 Å². The molecule has 4 heterocycles. The van der Waals surface area contributed by atoms with Crippen molar-refractivity contribution in [3.8, 4) is 17.2 Å². The molecular formula is C26H17ClN2O7. The summed E-state index contributed by atoms with van der Waals surface area (Å²) in [7, 11) is 1.46. The van der Waals surface area contributed by atoms with E-state index in [1.807, 2.05) is 0 Å². The third-order valence-corrected chi connectivity index (χ3v) is 6.32. The SMILES string of the molecule is COc1cc(Cl)cc2cc(C(=O)C3=C(O)C(=O)N(c4ccc5c(c4)OCO5)C3c3ccncc3)oc12. The Morgan fingerprint density at radius 2 is 1.89 bits per heavy atom. The van der Waals surface area contributed by atoms with Crippen LogP contribution < -0.4 is 19.1 Å². The Balaban J connectivity index is 1.48. The van der Waals surface area contributed by atoms with Gasteiger partial charge in [0.15, 0.2) is 34.4 Å². The van der Waals surface area contributed by atoms with Gasteiger partial charge in [-0.15, -0.1) is 0 Å². The van der Waals surface area contributed by atoms with Crippen LogP contribution in [0.4, 0.5) is 5.69 Å². The number of benzene rings is 2. The minimum atomic E-state index is -0.952. The molecule has 1 N–H and O–H groups in total. The number of rotatable bonds is 5. The highest BCUT2D eigenvalue weighted by molar-refractivity contribution is 6.31.